The molecule has 1 aromatic carbocycles. The van der Waals surface area contributed by atoms with Crippen LogP contribution in [0.3, 0.4) is 0 Å². The Balaban J connectivity index is 2.30. The number of nitrogens with one attached hydrogen (secondary N) is 2. The van der Waals surface area contributed by atoms with E-state index in [-0.39, 0.29) is 5.54 Å². The summed E-state index contributed by atoms with van der Waals surface area (Å²) in [5, 5.41) is 6.83. The standard InChI is InChI=1S/C18H26N4/c1-12(2)14-9-7-8-13(3)17(14)21-15-10-16(20-11-19-15)22-18(4,5)6/h7-12H,1-6H3,(H2,19,20,21,22). The minimum absolute atomic E-state index is 0.0304. The predicted octanol–water partition coefficient (Wildman–Crippen LogP) is 4.86. The van der Waals surface area contributed by atoms with Crippen LogP contribution in [0.5, 0.6) is 0 Å². The number of anilines is 3. The highest BCUT2D eigenvalue weighted by molar-refractivity contribution is 5.66. The van der Waals surface area contributed by atoms with E-state index >= 15 is 0 Å². The molecule has 0 aliphatic carbocycles. The largest absolute Gasteiger partial charge is 0.365 e. The molecule has 0 unspecified atom stereocenters. The summed E-state index contributed by atoms with van der Waals surface area (Å²) < 4.78 is 0. The molecule has 118 valence electrons. The second kappa shape index (κ2) is 6.34. The Bertz CT molecular complexity index is 642. The average molecular weight is 298 g/mol. The molecule has 0 atom stereocenters. The lowest BCUT2D eigenvalue weighted by Crippen LogP contribution is -2.26. The molecule has 1 aromatic heterocycles. The fourth-order valence-electron chi connectivity index (χ4n) is 2.35. The van der Waals surface area contributed by atoms with E-state index in [1.54, 1.807) is 6.33 Å². The van der Waals surface area contributed by atoms with Gasteiger partial charge in [-0.2, -0.15) is 0 Å². The molecule has 0 amide bonds. The van der Waals surface area contributed by atoms with Gasteiger partial charge in [-0.1, -0.05) is 32.0 Å². The number of nitrogens with zero attached hydrogens (tertiary/aromatic N) is 2. The molecular weight excluding hydrogens is 272 g/mol. The summed E-state index contributed by atoms with van der Waals surface area (Å²) in [6.45, 7) is 12.9. The number of rotatable bonds is 4. The van der Waals surface area contributed by atoms with Crippen LogP contribution in [0.1, 0.15) is 51.7 Å². The Labute approximate surface area is 133 Å². The minimum atomic E-state index is -0.0304. The molecule has 0 aliphatic heterocycles. The number of aryl methyl sites for hydroxylation is 1. The zero-order valence-corrected chi connectivity index (χ0v) is 14.4. The maximum Gasteiger partial charge on any atom is 0.135 e. The van der Waals surface area contributed by atoms with Gasteiger partial charge in [0, 0.05) is 17.3 Å². The molecule has 0 aliphatic rings. The normalized spacial score (nSPS) is 11.6. The second-order valence-electron chi connectivity index (χ2n) is 6.98. The lowest BCUT2D eigenvalue weighted by molar-refractivity contribution is 0.630. The SMILES string of the molecule is Cc1cccc(C(C)C)c1Nc1cc(NC(C)(C)C)ncn1. The van der Waals surface area contributed by atoms with E-state index in [2.05, 4.69) is 80.3 Å². The molecule has 1 heterocycles. The highest BCUT2D eigenvalue weighted by atomic mass is 15.1. The van der Waals surface area contributed by atoms with Gasteiger partial charge in [0.1, 0.15) is 18.0 Å². The lowest BCUT2D eigenvalue weighted by Gasteiger charge is -2.22. The van der Waals surface area contributed by atoms with Gasteiger partial charge in [-0.3, -0.25) is 0 Å². The van der Waals surface area contributed by atoms with Crippen molar-refractivity contribution in [2.24, 2.45) is 0 Å². The highest BCUT2D eigenvalue weighted by Gasteiger charge is 2.12. The van der Waals surface area contributed by atoms with E-state index in [4.69, 9.17) is 0 Å². The number of aromatic nitrogens is 2. The predicted molar refractivity (Wildman–Crippen MR) is 94.0 cm³/mol. The number of hydrogen-bond acceptors (Lipinski definition) is 4. The van der Waals surface area contributed by atoms with Crippen molar-refractivity contribution >= 4 is 17.3 Å². The Morgan fingerprint density at radius 1 is 1.05 bits per heavy atom. The average Bonchev–Trinajstić information content (AvgIpc) is 2.39. The van der Waals surface area contributed by atoms with Crippen molar-refractivity contribution < 1.29 is 0 Å². The first-order valence-corrected chi connectivity index (χ1v) is 7.73. The van der Waals surface area contributed by atoms with Crippen molar-refractivity contribution in [3.05, 3.63) is 41.7 Å². The molecule has 2 rings (SSSR count). The number of hydrogen-bond donors (Lipinski definition) is 2. The molecule has 0 spiro atoms. The van der Waals surface area contributed by atoms with Crippen LogP contribution in [0.2, 0.25) is 0 Å². The third kappa shape index (κ3) is 4.20. The van der Waals surface area contributed by atoms with Crippen LogP contribution in [0.15, 0.2) is 30.6 Å². The molecule has 0 radical (unpaired) electrons. The van der Waals surface area contributed by atoms with Gasteiger partial charge in [0.15, 0.2) is 0 Å². The van der Waals surface area contributed by atoms with E-state index in [0.717, 1.165) is 17.3 Å². The molecule has 0 fully saturated rings. The first kappa shape index (κ1) is 16.3. The quantitative estimate of drug-likeness (QED) is 0.846. The molecular formula is C18H26N4. The first-order valence-electron chi connectivity index (χ1n) is 7.73. The fourth-order valence-corrected chi connectivity index (χ4v) is 2.35. The monoisotopic (exact) mass is 298 g/mol. The Kier molecular flexibility index (Phi) is 4.69. The summed E-state index contributed by atoms with van der Waals surface area (Å²) >= 11 is 0. The van der Waals surface area contributed by atoms with E-state index < -0.39 is 0 Å². The molecule has 0 saturated carbocycles. The van der Waals surface area contributed by atoms with Crippen molar-refractivity contribution in [2.75, 3.05) is 10.6 Å². The third-order valence-corrected chi connectivity index (χ3v) is 3.35. The summed E-state index contributed by atoms with van der Waals surface area (Å²) in [6, 6.07) is 8.32. The van der Waals surface area contributed by atoms with Gasteiger partial charge in [-0.15, -0.1) is 0 Å². The topological polar surface area (TPSA) is 49.8 Å². The van der Waals surface area contributed by atoms with E-state index in [1.807, 2.05) is 6.07 Å². The van der Waals surface area contributed by atoms with Crippen molar-refractivity contribution in [1.29, 1.82) is 0 Å². The highest BCUT2D eigenvalue weighted by Crippen LogP contribution is 2.30. The Morgan fingerprint density at radius 3 is 2.36 bits per heavy atom. The van der Waals surface area contributed by atoms with Crippen molar-refractivity contribution in [3.8, 4) is 0 Å². The van der Waals surface area contributed by atoms with Crippen LogP contribution < -0.4 is 10.6 Å². The van der Waals surface area contributed by atoms with Crippen LogP contribution in [0.4, 0.5) is 17.3 Å². The Morgan fingerprint density at radius 2 is 1.73 bits per heavy atom. The molecule has 0 bridgehead atoms. The van der Waals surface area contributed by atoms with Crippen molar-refractivity contribution in [2.45, 2.75) is 53.0 Å². The van der Waals surface area contributed by atoms with Crippen molar-refractivity contribution in [3.63, 3.8) is 0 Å². The maximum atomic E-state index is 4.34. The summed E-state index contributed by atoms with van der Waals surface area (Å²) in [7, 11) is 0. The minimum Gasteiger partial charge on any atom is -0.365 e. The van der Waals surface area contributed by atoms with Gasteiger partial charge in [0.05, 0.1) is 0 Å². The van der Waals surface area contributed by atoms with Gasteiger partial charge in [0.25, 0.3) is 0 Å². The second-order valence-corrected chi connectivity index (χ2v) is 6.98. The molecule has 0 saturated heterocycles. The zero-order chi connectivity index (χ0) is 16.3. The van der Waals surface area contributed by atoms with Crippen LogP contribution >= 0.6 is 0 Å². The summed E-state index contributed by atoms with van der Waals surface area (Å²) in [5.41, 5.74) is 3.62. The van der Waals surface area contributed by atoms with Crippen LogP contribution in [-0.2, 0) is 0 Å². The fraction of sp³-hybridized carbons (Fsp3) is 0.444. The van der Waals surface area contributed by atoms with Crippen molar-refractivity contribution in [1.82, 2.24) is 9.97 Å². The first-order chi connectivity index (χ1) is 10.3. The van der Waals surface area contributed by atoms with E-state index in [0.29, 0.717) is 5.92 Å². The number of benzene rings is 1. The molecule has 2 aromatic rings. The van der Waals surface area contributed by atoms with Gasteiger partial charge in [-0.05, 0) is 44.7 Å². The molecule has 4 heteroatoms. The van der Waals surface area contributed by atoms with Gasteiger partial charge < -0.3 is 10.6 Å². The Hall–Kier alpha value is -2.10. The van der Waals surface area contributed by atoms with E-state index in [1.165, 1.54) is 11.1 Å². The molecule has 4 nitrogen and oxygen atoms in total. The smallest absolute Gasteiger partial charge is 0.135 e. The van der Waals surface area contributed by atoms with Crippen LogP contribution in [-0.4, -0.2) is 15.5 Å². The summed E-state index contributed by atoms with van der Waals surface area (Å²) in [4.78, 5) is 8.63. The van der Waals surface area contributed by atoms with Crippen LogP contribution in [0.25, 0.3) is 0 Å². The van der Waals surface area contributed by atoms with Crippen LogP contribution in [0, 0.1) is 6.92 Å². The maximum absolute atomic E-state index is 4.34. The number of para-hydroxylation sites is 1. The van der Waals surface area contributed by atoms with Gasteiger partial charge in [-0.25, -0.2) is 9.97 Å². The van der Waals surface area contributed by atoms with Gasteiger partial charge >= 0.3 is 0 Å². The van der Waals surface area contributed by atoms with Gasteiger partial charge in [0.2, 0.25) is 0 Å². The van der Waals surface area contributed by atoms with E-state index in [9.17, 15) is 0 Å². The summed E-state index contributed by atoms with van der Waals surface area (Å²) in [5.74, 6) is 2.08. The third-order valence-electron chi connectivity index (χ3n) is 3.35. The molecule has 22 heavy (non-hydrogen) atoms. The lowest BCUT2D eigenvalue weighted by atomic mass is 9.98. The molecule has 2 N–H and O–H groups in total. The summed E-state index contributed by atoms with van der Waals surface area (Å²) in [6.07, 6.45) is 1.59. The zero-order valence-electron chi connectivity index (χ0n) is 14.4.